The fraction of sp³-hybridized carbons (Fsp3) is 0.524. The van der Waals surface area contributed by atoms with Crippen LogP contribution >= 0.6 is 0 Å². The van der Waals surface area contributed by atoms with E-state index in [9.17, 15) is 18.4 Å². The number of pyridine rings is 1. The maximum Gasteiger partial charge on any atom is 0.408 e. The molecule has 1 aliphatic heterocycles. The summed E-state index contributed by atoms with van der Waals surface area (Å²) in [5, 5.41) is 9.29. The predicted molar refractivity (Wildman–Crippen MR) is 110 cm³/mol. The van der Waals surface area contributed by atoms with Crippen LogP contribution in [-0.2, 0) is 9.53 Å². The number of aromatic nitrogens is 3. The lowest BCUT2D eigenvalue weighted by Crippen LogP contribution is -2.35. The summed E-state index contributed by atoms with van der Waals surface area (Å²) in [6.45, 7) is 4.17. The van der Waals surface area contributed by atoms with Crippen LogP contribution in [0.1, 0.15) is 65.2 Å². The highest BCUT2D eigenvalue weighted by atomic mass is 19.3. The van der Waals surface area contributed by atoms with Crippen molar-refractivity contribution in [1.29, 1.82) is 0 Å². The van der Waals surface area contributed by atoms with Gasteiger partial charge >= 0.3 is 12.6 Å². The van der Waals surface area contributed by atoms with E-state index in [1.165, 1.54) is 12.4 Å². The zero-order valence-electron chi connectivity index (χ0n) is 18.0. The van der Waals surface area contributed by atoms with Crippen molar-refractivity contribution in [2.75, 3.05) is 5.32 Å². The van der Waals surface area contributed by atoms with Gasteiger partial charge in [0.05, 0.1) is 29.3 Å². The van der Waals surface area contributed by atoms with E-state index in [1.807, 2.05) is 0 Å². The largest absolute Gasteiger partial charge is 0.444 e. The number of nitrogens with one attached hydrogen (secondary N) is 2. The van der Waals surface area contributed by atoms with Gasteiger partial charge in [-0.05, 0) is 45.7 Å². The second-order valence-corrected chi connectivity index (χ2v) is 8.62. The first-order valence-corrected chi connectivity index (χ1v) is 10.2. The van der Waals surface area contributed by atoms with Crippen molar-refractivity contribution in [3.63, 3.8) is 0 Å². The lowest BCUT2D eigenvalue weighted by Gasteiger charge is -2.24. The third-order valence-electron chi connectivity index (χ3n) is 4.92. The van der Waals surface area contributed by atoms with Gasteiger partial charge in [0.2, 0.25) is 5.91 Å². The summed E-state index contributed by atoms with van der Waals surface area (Å²) in [5.41, 5.74) is 0.524. The normalized spacial score (nSPS) is 19.6. The van der Waals surface area contributed by atoms with E-state index >= 15 is 0 Å². The molecule has 0 fully saturated rings. The minimum Gasteiger partial charge on any atom is -0.444 e. The molecule has 168 valence electrons. The van der Waals surface area contributed by atoms with Crippen molar-refractivity contribution in [2.24, 2.45) is 5.92 Å². The van der Waals surface area contributed by atoms with Crippen molar-refractivity contribution >= 4 is 17.7 Å². The monoisotopic (exact) mass is 435 g/mol. The quantitative estimate of drug-likeness (QED) is 0.715. The summed E-state index contributed by atoms with van der Waals surface area (Å²) >= 11 is 0. The first-order valence-electron chi connectivity index (χ1n) is 10.2. The number of alkyl halides is 2. The van der Waals surface area contributed by atoms with Crippen molar-refractivity contribution in [2.45, 2.75) is 65.1 Å². The van der Waals surface area contributed by atoms with Gasteiger partial charge in [0.15, 0.2) is 0 Å². The van der Waals surface area contributed by atoms with Crippen molar-refractivity contribution in [1.82, 2.24) is 20.1 Å². The molecule has 0 aliphatic carbocycles. The molecule has 31 heavy (non-hydrogen) atoms. The number of carbonyl (C=O) groups is 2. The summed E-state index contributed by atoms with van der Waals surface area (Å²) in [5.74, 6) is -0.628. The van der Waals surface area contributed by atoms with Crippen LogP contribution in [-0.4, -0.2) is 32.4 Å². The standard InChI is InChI=1S/C21H27F2N5O3/c1-12-6-5-7-14(27-20(30)31-21(2,3)4)15-10-13(8-9-24-15)17-16(26-18(12)29)11-25-28(17)19(22)23/h8-12,14,19H,5-7H2,1-4H3,(H,26,29)(H,27,30)/t12-,14-/m1/s1. The Kier molecular flexibility index (Phi) is 6.56. The second-order valence-electron chi connectivity index (χ2n) is 8.62. The molecule has 0 unspecified atom stereocenters. The van der Waals surface area contributed by atoms with Crippen LogP contribution in [0.2, 0.25) is 0 Å². The van der Waals surface area contributed by atoms with Gasteiger partial charge in [-0.2, -0.15) is 13.9 Å². The maximum absolute atomic E-state index is 13.6. The van der Waals surface area contributed by atoms with Gasteiger partial charge in [0, 0.05) is 17.7 Å². The third-order valence-corrected chi connectivity index (χ3v) is 4.92. The Labute approximate surface area is 179 Å². The van der Waals surface area contributed by atoms with E-state index < -0.39 is 24.3 Å². The molecule has 1 aliphatic rings. The Hall–Kier alpha value is -3.04. The lowest BCUT2D eigenvalue weighted by molar-refractivity contribution is -0.119. The van der Waals surface area contributed by atoms with E-state index in [1.54, 1.807) is 39.8 Å². The minimum absolute atomic E-state index is 0.0794. The Morgan fingerprint density at radius 3 is 2.77 bits per heavy atom. The molecule has 2 atom stereocenters. The molecule has 0 aromatic carbocycles. The zero-order valence-corrected chi connectivity index (χ0v) is 18.0. The van der Waals surface area contributed by atoms with Crippen LogP contribution in [0, 0.1) is 5.92 Å². The van der Waals surface area contributed by atoms with Crippen LogP contribution in [0.4, 0.5) is 19.3 Å². The molecule has 2 aromatic rings. The maximum atomic E-state index is 13.6. The van der Waals surface area contributed by atoms with Crippen LogP contribution < -0.4 is 10.6 Å². The molecule has 0 radical (unpaired) electrons. The van der Waals surface area contributed by atoms with Crippen LogP contribution in [0.3, 0.4) is 0 Å². The number of ether oxygens (including phenoxy) is 1. The first kappa shape index (κ1) is 22.6. The lowest BCUT2D eigenvalue weighted by atomic mass is 9.97. The van der Waals surface area contributed by atoms with Gasteiger partial charge in [-0.3, -0.25) is 9.78 Å². The number of hydrogen-bond acceptors (Lipinski definition) is 5. The molecule has 3 rings (SSSR count). The van der Waals surface area contributed by atoms with Crippen molar-refractivity contribution in [3.05, 3.63) is 30.2 Å². The van der Waals surface area contributed by atoms with Gasteiger partial charge in [-0.25, -0.2) is 9.48 Å². The number of nitrogens with zero attached hydrogens (tertiary/aromatic N) is 3. The molecule has 2 amide bonds. The minimum atomic E-state index is -2.89. The Balaban J connectivity index is 2.04. The molecule has 3 heterocycles. The predicted octanol–water partition coefficient (Wildman–Crippen LogP) is 4.66. The van der Waals surface area contributed by atoms with E-state index in [-0.39, 0.29) is 23.2 Å². The molecule has 0 saturated heterocycles. The van der Waals surface area contributed by atoms with Crippen LogP contribution in [0.25, 0.3) is 11.3 Å². The summed E-state index contributed by atoms with van der Waals surface area (Å²) in [6.07, 6.45) is 3.81. The van der Waals surface area contributed by atoms with Gasteiger partial charge < -0.3 is 15.4 Å². The molecule has 0 spiro atoms. The molecule has 0 saturated carbocycles. The van der Waals surface area contributed by atoms with Crippen LogP contribution in [0.5, 0.6) is 0 Å². The molecule has 2 N–H and O–H groups in total. The van der Waals surface area contributed by atoms with E-state index in [2.05, 4.69) is 20.7 Å². The van der Waals surface area contributed by atoms with Crippen molar-refractivity contribution in [3.8, 4) is 11.3 Å². The van der Waals surface area contributed by atoms with E-state index in [0.717, 1.165) is 0 Å². The number of hydrogen-bond donors (Lipinski definition) is 2. The summed E-state index contributed by atoms with van der Waals surface area (Å²) in [6, 6.07) is 2.68. The number of fused-ring (bicyclic) bond motifs is 4. The smallest absolute Gasteiger partial charge is 0.408 e. The first-order chi connectivity index (χ1) is 14.5. The molecule has 2 aromatic heterocycles. The van der Waals surface area contributed by atoms with Gasteiger partial charge in [-0.15, -0.1) is 0 Å². The number of halogens is 2. The molecule has 2 bridgehead atoms. The summed E-state index contributed by atoms with van der Waals surface area (Å²) in [4.78, 5) is 29.3. The Bertz CT molecular complexity index is 955. The Morgan fingerprint density at radius 2 is 2.10 bits per heavy atom. The zero-order chi connectivity index (χ0) is 22.8. The SMILES string of the molecule is C[C@@H]1CCC[C@@H](NC(=O)OC(C)(C)C)c2cc(ccn2)-c2c(cnn2C(F)F)NC1=O. The van der Waals surface area contributed by atoms with E-state index in [0.29, 0.717) is 35.2 Å². The average Bonchev–Trinajstić information content (AvgIpc) is 3.08. The van der Waals surface area contributed by atoms with E-state index in [4.69, 9.17) is 4.74 Å². The number of anilines is 1. The van der Waals surface area contributed by atoms with Gasteiger partial charge in [0.1, 0.15) is 5.60 Å². The molecule has 8 nitrogen and oxygen atoms in total. The number of alkyl carbamates (subject to hydrolysis) is 1. The highest BCUT2D eigenvalue weighted by Crippen LogP contribution is 2.34. The highest BCUT2D eigenvalue weighted by Gasteiger charge is 2.26. The topological polar surface area (TPSA) is 98.1 Å². The molecule has 10 heteroatoms. The summed E-state index contributed by atoms with van der Waals surface area (Å²) in [7, 11) is 0. The number of rotatable bonds is 2. The van der Waals surface area contributed by atoms with Gasteiger partial charge in [-0.1, -0.05) is 13.3 Å². The molecular weight excluding hydrogens is 408 g/mol. The second kappa shape index (κ2) is 8.99. The third kappa shape index (κ3) is 5.56. The molecular formula is C21H27F2N5O3. The fourth-order valence-electron chi connectivity index (χ4n) is 3.43. The van der Waals surface area contributed by atoms with Crippen molar-refractivity contribution < 1.29 is 23.1 Å². The number of amides is 2. The number of carbonyl (C=O) groups excluding carboxylic acids is 2. The van der Waals surface area contributed by atoms with Gasteiger partial charge in [0.25, 0.3) is 0 Å². The fourth-order valence-corrected chi connectivity index (χ4v) is 3.43. The highest BCUT2D eigenvalue weighted by molar-refractivity contribution is 5.95. The average molecular weight is 435 g/mol. The Morgan fingerprint density at radius 1 is 1.35 bits per heavy atom. The summed E-state index contributed by atoms with van der Waals surface area (Å²) < 4.78 is 33.1. The van der Waals surface area contributed by atoms with Crippen LogP contribution in [0.15, 0.2) is 24.5 Å².